The normalized spacial score (nSPS) is 11.0. The van der Waals surface area contributed by atoms with Gasteiger partial charge in [-0.15, -0.1) is 0 Å². The molecule has 174 valence electrons. The molecule has 2 rings (SSSR count). The van der Waals surface area contributed by atoms with Crippen molar-refractivity contribution in [2.45, 2.75) is 84.1 Å². The van der Waals surface area contributed by atoms with E-state index in [0.29, 0.717) is 23.5 Å². The van der Waals surface area contributed by atoms with Crippen LogP contribution in [0.5, 0.6) is 23.0 Å². The maximum atomic E-state index is 10.7. The third kappa shape index (κ3) is 7.37. The quantitative estimate of drug-likeness (QED) is 0.323. The Morgan fingerprint density at radius 1 is 0.839 bits per heavy atom. The highest BCUT2D eigenvalue weighted by atomic mass is 16.5. The molecule has 0 aliphatic carbocycles. The Labute approximate surface area is 187 Å². The SMILES string of the molecule is CCCCCCCCCCCCn1ccnc1Cc1cc(OC)c(OC)c(OC)c1O. The van der Waals surface area contributed by atoms with E-state index in [1.807, 2.05) is 12.4 Å². The number of rotatable bonds is 16. The van der Waals surface area contributed by atoms with E-state index in [1.165, 1.54) is 72.0 Å². The Morgan fingerprint density at radius 2 is 1.45 bits per heavy atom. The molecule has 0 saturated carbocycles. The highest BCUT2D eigenvalue weighted by molar-refractivity contribution is 5.62. The summed E-state index contributed by atoms with van der Waals surface area (Å²) in [7, 11) is 4.61. The first-order valence-corrected chi connectivity index (χ1v) is 11.7. The summed E-state index contributed by atoms with van der Waals surface area (Å²) in [5.41, 5.74) is 0.699. The largest absolute Gasteiger partial charge is 0.504 e. The van der Waals surface area contributed by atoms with Gasteiger partial charge in [-0.3, -0.25) is 0 Å². The van der Waals surface area contributed by atoms with Crippen LogP contribution in [0, 0.1) is 0 Å². The van der Waals surface area contributed by atoms with Crippen molar-refractivity contribution in [1.29, 1.82) is 0 Å². The lowest BCUT2D eigenvalue weighted by Crippen LogP contribution is -2.05. The van der Waals surface area contributed by atoms with Crippen molar-refractivity contribution < 1.29 is 19.3 Å². The predicted octanol–water partition coefficient (Wildman–Crippen LogP) is 6.13. The highest BCUT2D eigenvalue weighted by Crippen LogP contribution is 2.46. The van der Waals surface area contributed by atoms with Crippen LogP contribution in [-0.2, 0) is 13.0 Å². The molecule has 0 bridgehead atoms. The van der Waals surface area contributed by atoms with Gasteiger partial charge in [0, 0.05) is 30.9 Å². The summed E-state index contributed by atoms with van der Waals surface area (Å²) >= 11 is 0. The Balaban J connectivity index is 1.86. The maximum Gasteiger partial charge on any atom is 0.207 e. The third-order valence-corrected chi connectivity index (χ3v) is 5.79. The first kappa shape index (κ1) is 24.9. The second-order valence-electron chi connectivity index (χ2n) is 8.05. The van der Waals surface area contributed by atoms with Crippen LogP contribution in [0.4, 0.5) is 0 Å². The number of methoxy groups -OCH3 is 3. The molecule has 6 heteroatoms. The van der Waals surface area contributed by atoms with Gasteiger partial charge >= 0.3 is 0 Å². The minimum atomic E-state index is 0.0636. The topological polar surface area (TPSA) is 65.7 Å². The summed E-state index contributed by atoms with van der Waals surface area (Å²) in [5, 5.41) is 10.7. The zero-order valence-electron chi connectivity index (χ0n) is 19.8. The standard InChI is InChI=1S/C25H40N2O4/c1-5-6-7-8-9-10-11-12-13-14-16-27-17-15-26-22(27)19-20-18-21(29-2)24(30-3)25(31-4)23(20)28/h15,17-18,28H,5-14,16,19H2,1-4H3. The molecule has 0 saturated heterocycles. The van der Waals surface area contributed by atoms with Crippen LogP contribution >= 0.6 is 0 Å². The molecule has 0 fully saturated rings. The van der Waals surface area contributed by atoms with E-state index in [4.69, 9.17) is 14.2 Å². The van der Waals surface area contributed by atoms with Crippen LogP contribution in [-0.4, -0.2) is 36.0 Å². The number of benzene rings is 1. The number of unbranched alkanes of at least 4 members (excludes halogenated alkanes) is 9. The second kappa shape index (κ2) is 13.8. The van der Waals surface area contributed by atoms with Gasteiger partial charge in [-0.05, 0) is 12.5 Å². The number of imidazole rings is 1. The van der Waals surface area contributed by atoms with E-state index < -0.39 is 0 Å². The van der Waals surface area contributed by atoms with Crippen LogP contribution in [0.25, 0.3) is 0 Å². The number of aromatic nitrogens is 2. The Bertz CT molecular complexity index is 773. The Kier molecular flexibility index (Phi) is 11.1. The van der Waals surface area contributed by atoms with Crippen molar-refractivity contribution in [3.63, 3.8) is 0 Å². The molecule has 0 amide bonds. The van der Waals surface area contributed by atoms with E-state index in [1.54, 1.807) is 13.2 Å². The molecule has 1 N–H and O–H groups in total. The smallest absolute Gasteiger partial charge is 0.207 e. The van der Waals surface area contributed by atoms with Crippen LogP contribution in [0.2, 0.25) is 0 Å². The zero-order chi connectivity index (χ0) is 22.5. The fraction of sp³-hybridized carbons (Fsp3) is 0.640. The van der Waals surface area contributed by atoms with Crippen molar-refractivity contribution in [2.75, 3.05) is 21.3 Å². The van der Waals surface area contributed by atoms with Gasteiger partial charge in [0.15, 0.2) is 11.5 Å². The van der Waals surface area contributed by atoms with Crippen molar-refractivity contribution >= 4 is 0 Å². The third-order valence-electron chi connectivity index (χ3n) is 5.79. The molecular weight excluding hydrogens is 392 g/mol. The van der Waals surface area contributed by atoms with Gasteiger partial charge in [-0.2, -0.15) is 0 Å². The minimum Gasteiger partial charge on any atom is -0.504 e. The number of hydrogen-bond acceptors (Lipinski definition) is 5. The van der Waals surface area contributed by atoms with E-state index in [2.05, 4.69) is 16.5 Å². The van der Waals surface area contributed by atoms with Crippen LogP contribution in [0.3, 0.4) is 0 Å². The van der Waals surface area contributed by atoms with Crippen LogP contribution in [0.15, 0.2) is 18.5 Å². The number of hydrogen-bond donors (Lipinski definition) is 1. The number of ether oxygens (including phenoxy) is 3. The van der Waals surface area contributed by atoms with E-state index in [0.717, 1.165) is 18.8 Å². The fourth-order valence-corrected chi connectivity index (χ4v) is 3.98. The van der Waals surface area contributed by atoms with Gasteiger partial charge in [0.2, 0.25) is 11.5 Å². The van der Waals surface area contributed by atoms with Gasteiger partial charge in [-0.25, -0.2) is 4.98 Å². The highest BCUT2D eigenvalue weighted by Gasteiger charge is 2.21. The van der Waals surface area contributed by atoms with Crippen LogP contribution in [0.1, 0.15) is 82.5 Å². The van der Waals surface area contributed by atoms with Crippen molar-refractivity contribution in [1.82, 2.24) is 9.55 Å². The monoisotopic (exact) mass is 432 g/mol. The molecule has 0 aliphatic heterocycles. The molecule has 6 nitrogen and oxygen atoms in total. The lowest BCUT2D eigenvalue weighted by molar-refractivity contribution is 0.309. The molecule has 1 aromatic heterocycles. The van der Waals surface area contributed by atoms with Crippen molar-refractivity contribution in [3.8, 4) is 23.0 Å². The number of phenols is 1. The van der Waals surface area contributed by atoms with E-state index in [9.17, 15) is 5.11 Å². The first-order chi connectivity index (χ1) is 15.2. The Morgan fingerprint density at radius 3 is 2.03 bits per heavy atom. The number of phenolic OH excluding ortho intramolecular Hbond substituents is 1. The van der Waals surface area contributed by atoms with Gasteiger partial charge < -0.3 is 23.9 Å². The summed E-state index contributed by atoms with van der Waals surface area (Å²) in [6, 6.07) is 1.79. The molecule has 2 aromatic rings. The minimum absolute atomic E-state index is 0.0636. The molecule has 0 unspecified atom stereocenters. The molecule has 0 atom stereocenters. The molecule has 1 heterocycles. The molecule has 0 aliphatic rings. The lowest BCUT2D eigenvalue weighted by Gasteiger charge is -2.16. The molecular formula is C25H40N2O4. The average molecular weight is 433 g/mol. The fourth-order valence-electron chi connectivity index (χ4n) is 3.98. The van der Waals surface area contributed by atoms with Crippen LogP contribution < -0.4 is 14.2 Å². The maximum absolute atomic E-state index is 10.7. The first-order valence-electron chi connectivity index (χ1n) is 11.7. The predicted molar refractivity (Wildman–Crippen MR) is 125 cm³/mol. The summed E-state index contributed by atoms with van der Waals surface area (Å²) in [6.07, 6.45) is 17.5. The van der Waals surface area contributed by atoms with Crippen molar-refractivity contribution in [3.05, 3.63) is 29.8 Å². The molecule has 0 radical (unpaired) electrons. The van der Waals surface area contributed by atoms with Gasteiger partial charge in [0.05, 0.1) is 21.3 Å². The van der Waals surface area contributed by atoms with Gasteiger partial charge in [0.1, 0.15) is 5.82 Å². The van der Waals surface area contributed by atoms with E-state index >= 15 is 0 Å². The summed E-state index contributed by atoms with van der Waals surface area (Å²) in [6.45, 7) is 3.20. The van der Waals surface area contributed by atoms with Crippen molar-refractivity contribution in [2.24, 2.45) is 0 Å². The number of aromatic hydroxyl groups is 1. The zero-order valence-corrected chi connectivity index (χ0v) is 19.8. The summed E-state index contributed by atoms with van der Waals surface area (Å²) in [5.74, 6) is 2.18. The average Bonchev–Trinajstić information content (AvgIpc) is 3.22. The summed E-state index contributed by atoms with van der Waals surface area (Å²) < 4.78 is 18.3. The number of nitrogens with zero attached hydrogens (tertiary/aromatic N) is 2. The molecule has 0 spiro atoms. The summed E-state index contributed by atoms with van der Waals surface area (Å²) in [4.78, 5) is 4.51. The van der Waals surface area contributed by atoms with E-state index in [-0.39, 0.29) is 11.5 Å². The second-order valence-corrected chi connectivity index (χ2v) is 8.05. The number of aryl methyl sites for hydroxylation is 1. The Hall–Kier alpha value is -2.37. The molecule has 1 aromatic carbocycles. The van der Waals surface area contributed by atoms with Gasteiger partial charge in [0.25, 0.3) is 0 Å². The lowest BCUT2D eigenvalue weighted by atomic mass is 10.1. The van der Waals surface area contributed by atoms with Gasteiger partial charge in [-0.1, -0.05) is 64.7 Å². The molecule has 31 heavy (non-hydrogen) atoms.